The third kappa shape index (κ3) is 4.90. The average molecular weight is 298 g/mol. The second-order valence-corrected chi connectivity index (χ2v) is 5.17. The molecule has 4 heteroatoms. The highest BCUT2D eigenvalue weighted by Crippen LogP contribution is 2.14. The van der Waals surface area contributed by atoms with Gasteiger partial charge < -0.3 is 15.8 Å². The van der Waals surface area contributed by atoms with Crippen LogP contribution in [-0.4, -0.2) is 19.6 Å². The van der Waals surface area contributed by atoms with E-state index in [0.29, 0.717) is 19.4 Å². The largest absolute Gasteiger partial charge is 0.497 e. The van der Waals surface area contributed by atoms with Gasteiger partial charge in [-0.15, -0.1) is 0 Å². The molecule has 2 rings (SSSR count). The summed E-state index contributed by atoms with van der Waals surface area (Å²) >= 11 is 0. The van der Waals surface area contributed by atoms with E-state index in [4.69, 9.17) is 10.5 Å². The predicted molar refractivity (Wildman–Crippen MR) is 87.7 cm³/mol. The van der Waals surface area contributed by atoms with Crippen molar-refractivity contribution in [1.82, 2.24) is 5.32 Å². The molecule has 4 nitrogen and oxygen atoms in total. The van der Waals surface area contributed by atoms with Gasteiger partial charge in [0.25, 0.3) is 0 Å². The fourth-order valence-corrected chi connectivity index (χ4v) is 2.22. The van der Waals surface area contributed by atoms with Crippen molar-refractivity contribution >= 4 is 5.91 Å². The molecule has 0 saturated carbocycles. The van der Waals surface area contributed by atoms with Crippen LogP contribution in [0.25, 0.3) is 0 Å². The molecule has 3 N–H and O–H groups in total. The number of ether oxygens (including phenoxy) is 1. The Morgan fingerprint density at radius 1 is 1.18 bits per heavy atom. The molecule has 1 atom stereocenters. The Morgan fingerprint density at radius 3 is 2.68 bits per heavy atom. The zero-order valence-corrected chi connectivity index (χ0v) is 12.8. The highest BCUT2D eigenvalue weighted by atomic mass is 16.5. The van der Waals surface area contributed by atoms with E-state index in [-0.39, 0.29) is 11.9 Å². The van der Waals surface area contributed by atoms with Crippen LogP contribution in [0.1, 0.15) is 23.6 Å². The van der Waals surface area contributed by atoms with Crippen molar-refractivity contribution in [3.05, 3.63) is 65.7 Å². The van der Waals surface area contributed by atoms with Gasteiger partial charge in [-0.3, -0.25) is 4.79 Å². The number of carbonyl (C=O) groups excluding carboxylic acids is 1. The highest BCUT2D eigenvalue weighted by molar-refractivity contribution is 5.76. The number of methoxy groups -OCH3 is 1. The molecule has 0 spiro atoms. The number of nitrogens with two attached hydrogens (primary N) is 1. The van der Waals surface area contributed by atoms with Crippen molar-refractivity contribution in [2.24, 2.45) is 5.73 Å². The van der Waals surface area contributed by atoms with Crippen LogP contribution < -0.4 is 15.8 Å². The quantitative estimate of drug-likeness (QED) is 0.825. The van der Waals surface area contributed by atoms with Gasteiger partial charge in [-0.2, -0.15) is 0 Å². The number of rotatable bonds is 7. The van der Waals surface area contributed by atoms with E-state index < -0.39 is 0 Å². The maximum Gasteiger partial charge on any atom is 0.220 e. The summed E-state index contributed by atoms with van der Waals surface area (Å²) in [5.41, 5.74) is 8.17. The van der Waals surface area contributed by atoms with Crippen LogP contribution >= 0.6 is 0 Å². The van der Waals surface area contributed by atoms with Gasteiger partial charge in [0.2, 0.25) is 5.91 Å². The number of carbonyl (C=O) groups is 1. The molecule has 116 valence electrons. The zero-order valence-electron chi connectivity index (χ0n) is 12.8. The molecule has 0 aromatic heterocycles. The first kappa shape index (κ1) is 16.0. The van der Waals surface area contributed by atoms with Crippen molar-refractivity contribution in [2.75, 3.05) is 13.7 Å². The molecule has 0 radical (unpaired) electrons. The van der Waals surface area contributed by atoms with Crippen molar-refractivity contribution in [1.29, 1.82) is 0 Å². The van der Waals surface area contributed by atoms with E-state index in [1.54, 1.807) is 7.11 Å². The number of aryl methyl sites for hydroxylation is 1. The summed E-state index contributed by atoms with van der Waals surface area (Å²) in [6.07, 6.45) is 1.12. The van der Waals surface area contributed by atoms with Crippen LogP contribution in [0.3, 0.4) is 0 Å². The molecule has 22 heavy (non-hydrogen) atoms. The van der Waals surface area contributed by atoms with Crippen molar-refractivity contribution in [3.8, 4) is 5.75 Å². The van der Waals surface area contributed by atoms with Crippen LogP contribution in [-0.2, 0) is 11.2 Å². The van der Waals surface area contributed by atoms with Crippen molar-refractivity contribution < 1.29 is 9.53 Å². The standard InChI is InChI=1S/C18H22N2O2/c1-22-16-9-5-6-14(12-16)10-11-18(21)20-13-17(19)15-7-3-2-4-8-15/h2-9,12,17H,10-11,13,19H2,1H3,(H,20,21). The van der Waals surface area contributed by atoms with Gasteiger partial charge >= 0.3 is 0 Å². The first-order valence-electron chi connectivity index (χ1n) is 7.39. The normalized spacial score (nSPS) is 11.7. The van der Waals surface area contributed by atoms with E-state index in [1.165, 1.54) is 0 Å². The lowest BCUT2D eigenvalue weighted by Crippen LogP contribution is -2.32. The Hall–Kier alpha value is -2.33. The molecule has 2 aromatic rings. The smallest absolute Gasteiger partial charge is 0.220 e. The third-order valence-electron chi connectivity index (χ3n) is 3.52. The Balaban J connectivity index is 1.76. The summed E-state index contributed by atoms with van der Waals surface area (Å²) in [5.74, 6) is 0.818. The van der Waals surface area contributed by atoms with E-state index in [1.807, 2.05) is 54.6 Å². The summed E-state index contributed by atoms with van der Waals surface area (Å²) in [6, 6.07) is 17.3. The summed E-state index contributed by atoms with van der Waals surface area (Å²) < 4.78 is 5.17. The lowest BCUT2D eigenvalue weighted by atomic mass is 10.1. The van der Waals surface area contributed by atoms with E-state index in [9.17, 15) is 4.79 Å². The maximum absolute atomic E-state index is 11.9. The van der Waals surface area contributed by atoms with E-state index >= 15 is 0 Å². The lowest BCUT2D eigenvalue weighted by molar-refractivity contribution is -0.121. The maximum atomic E-state index is 11.9. The molecular formula is C18H22N2O2. The third-order valence-corrected chi connectivity index (χ3v) is 3.52. The molecule has 0 fully saturated rings. The molecule has 0 aliphatic rings. The molecule has 0 aliphatic carbocycles. The van der Waals surface area contributed by atoms with Gasteiger partial charge in [0.15, 0.2) is 0 Å². The first-order chi connectivity index (χ1) is 10.7. The van der Waals surface area contributed by atoms with E-state index in [2.05, 4.69) is 5.32 Å². The van der Waals surface area contributed by atoms with Crippen LogP contribution in [0.5, 0.6) is 5.75 Å². The van der Waals surface area contributed by atoms with Crippen LogP contribution in [0, 0.1) is 0 Å². The summed E-state index contributed by atoms with van der Waals surface area (Å²) in [7, 11) is 1.64. The molecule has 1 amide bonds. The summed E-state index contributed by atoms with van der Waals surface area (Å²) in [6.45, 7) is 0.445. The minimum atomic E-state index is -0.179. The Morgan fingerprint density at radius 2 is 1.95 bits per heavy atom. The van der Waals surface area contributed by atoms with E-state index in [0.717, 1.165) is 16.9 Å². The van der Waals surface area contributed by atoms with Gasteiger partial charge in [0.05, 0.1) is 7.11 Å². The molecule has 1 unspecified atom stereocenters. The Labute approximate surface area is 131 Å². The number of amides is 1. The van der Waals surface area contributed by atoms with Gasteiger partial charge in [0.1, 0.15) is 5.75 Å². The molecule has 2 aromatic carbocycles. The van der Waals surface area contributed by atoms with Crippen molar-refractivity contribution in [3.63, 3.8) is 0 Å². The Bertz CT molecular complexity index is 599. The highest BCUT2D eigenvalue weighted by Gasteiger charge is 2.08. The number of hydrogen-bond acceptors (Lipinski definition) is 3. The van der Waals surface area contributed by atoms with Gasteiger partial charge in [-0.05, 0) is 29.7 Å². The number of hydrogen-bond donors (Lipinski definition) is 2. The average Bonchev–Trinajstić information content (AvgIpc) is 2.58. The number of nitrogens with one attached hydrogen (secondary N) is 1. The summed E-state index contributed by atoms with van der Waals surface area (Å²) in [5, 5.41) is 2.88. The molecule has 0 heterocycles. The fourth-order valence-electron chi connectivity index (χ4n) is 2.22. The minimum absolute atomic E-state index is 0.00852. The SMILES string of the molecule is COc1cccc(CCC(=O)NCC(N)c2ccccc2)c1. The van der Waals surface area contributed by atoms with Gasteiger partial charge in [0, 0.05) is 19.0 Å². The second kappa shape index (κ2) is 8.20. The first-order valence-corrected chi connectivity index (χ1v) is 7.39. The molecule has 0 bridgehead atoms. The Kier molecular flexibility index (Phi) is 5.98. The van der Waals surface area contributed by atoms with Gasteiger partial charge in [-0.25, -0.2) is 0 Å². The minimum Gasteiger partial charge on any atom is -0.497 e. The second-order valence-electron chi connectivity index (χ2n) is 5.17. The summed E-state index contributed by atoms with van der Waals surface area (Å²) in [4.78, 5) is 11.9. The monoisotopic (exact) mass is 298 g/mol. The van der Waals surface area contributed by atoms with Crippen LogP contribution in [0.15, 0.2) is 54.6 Å². The van der Waals surface area contributed by atoms with Gasteiger partial charge in [-0.1, -0.05) is 42.5 Å². The zero-order chi connectivity index (χ0) is 15.8. The number of benzene rings is 2. The molecule has 0 aliphatic heterocycles. The fraction of sp³-hybridized carbons (Fsp3) is 0.278. The van der Waals surface area contributed by atoms with Crippen LogP contribution in [0.2, 0.25) is 0 Å². The topological polar surface area (TPSA) is 64.3 Å². The lowest BCUT2D eigenvalue weighted by Gasteiger charge is -2.13. The van der Waals surface area contributed by atoms with Crippen molar-refractivity contribution in [2.45, 2.75) is 18.9 Å². The van der Waals surface area contributed by atoms with Crippen LogP contribution in [0.4, 0.5) is 0 Å². The predicted octanol–water partition coefficient (Wildman–Crippen LogP) is 2.44. The molecular weight excluding hydrogens is 276 g/mol. The molecule has 0 saturated heterocycles.